The van der Waals surface area contributed by atoms with Gasteiger partial charge in [0, 0.05) is 28.9 Å². The second-order valence-electron chi connectivity index (χ2n) is 6.83. The number of nitrogens with zero attached hydrogens (tertiary/aromatic N) is 1. The number of hydrogen-bond donors (Lipinski definition) is 4. The lowest BCUT2D eigenvalue weighted by Gasteiger charge is -2.23. The van der Waals surface area contributed by atoms with Crippen molar-refractivity contribution in [3.05, 3.63) is 69.5 Å². The normalized spacial score (nSPS) is 14.9. The SMILES string of the molecule is COc1cccc(NC(=O)C2CC(=O)Nc3nc(Nc4ccc(Cl)cc4)[nH]c(=O)c32)c1. The highest BCUT2D eigenvalue weighted by Crippen LogP contribution is 2.30. The second-order valence-corrected chi connectivity index (χ2v) is 7.27. The Morgan fingerprint density at radius 2 is 1.94 bits per heavy atom. The molecular weight excluding hydrogens is 422 g/mol. The van der Waals surface area contributed by atoms with E-state index in [0.29, 0.717) is 22.1 Å². The highest BCUT2D eigenvalue weighted by molar-refractivity contribution is 6.30. The molecule has 4 N–H and O–H groups in total. The van der Waals surface area contributed by atoms with E-state index in [1.807, 2.05) is 0 Å². The van der Waals surface area contributed by atoms with Crippen LogP contribution in [-0.4, -0.2) is 28.9 Å². The summed E-state index contributed by atoms with van der Waals surface area (Å²) in [5.41, 5.74) is 0.707. The molecule has 0 spiro atoms. The van der Waals surface area contributed by atoms with Gasteiger partial charge in [0.05, 0.1) is 18.6 Å². The summed E-state index contributed by atoms with van der Waals surface area (Å²) in [6.07, 6.45) is -0.169. The molecule has 1 unspecified atom stereocenters. The van der Waals surface area contributed by atoms with E-state index in [9.17, 15) is 14.4 Å². The summed E-state index contributed by atoms with van der Waals surface area (Å²) in [6, 6.07) is 13.6. The Hall–Kier alpha value is -3.85. The van der Waals surface area contributed by atoms with Crippen LogP contribution in [0.15, 0.2) is 53.3 Å². The number of aromatic nitrogens is 2. The first-order chi connectivity index (χ1) is 14.9. The molecule has 3 aromatic rings. The number of methoxy groups -OCH3 is 1. The average Bonchev–Trinajstić information content (AvgIpc) is 2.74. The van der Waals surface area contributed by atoms with E-state index in [4.69, 9.17) is 16.3 Å². The van der Waals surface area contributed by atoms with Crippen LogP contribution in [0.1, 0.15) is 17.9 Å². The summed E-state index contributed by atoms with van der Waals surface area (Å²) in [7, 11) is 1.52. The van der Waals surface area contributed by atoms with E-state index in [1.54, 1.807) is 48.5 Å². The molecule has 1 atom stereocenters. The van der Waals surface area contributed by atoms with Crippen LogP contribution in [0.3, 0.4) is 0 Å². The number of rotatable bonds is 5. The average molecular weight is 440 g/mol. The smallest absolute Gasteiger partial charge is 0.258 e. The van der Waals surface area contributed by atoms with Gasteiger partial charge in [0.1, 0.15) is 11.6 Å². The molecule has 2 amide bonds. The van der Waals surface area contributed by atoms with Crippen LogP contribution < -0.4 is 26.2 Å². The van der Waals surface area contributed by atoms with Crippen LogP contribution in [0.5, 0.6) is 5.75 Å². The third kappa shape index (κ3) is 4.51. The van der Waals surface area contributed by atoms with Gasteiger partial charge < -0.3 is 20.7 Å². The number of benzene rings is 2. The fourth-order valence-electron chi connectivity index (χ4n) is 3.25. The number of ether oxygens (including phenoxy) is 1. The van der Waals surface area contributed by atoms with Crippen LogP contribution in [0.2, 0.25) is 5.02 Å². The number of anilines is 4. The number of nitrogens with one attached hydrogen (secondary N) is 4. The summed E-state index contributed by atoms with van der Waals surface area (Å²) >= 11 is 5.88. The zero-order valence-corrected chi connectivity index (χ0v) is 17.1. The first kappa shape index (κ1) is 20.4. The zero-order valence-electron chi connectivity index (χ0n) is 16.4. The fourth-order valence-corrected chi connectivity index (χ4v) is 3.38. The van der Waals surface area contributed by atoms with Gasteiger partial charge in [0.25, 0.3) is 5.56 Å². The lowest BCUT2D eigenvalue weighted by Crippen LogP contribution is -2.36. The molecule has 0 fully saturated rings. The van der Waals surface area contributed by atoms with Crippen molar-refractivity contribution in [2.45, 2.75) is 12.3 Å². The van der Waals surface area contributed by atoms with Gasteiger partial charge in [-0.05, 0) is 36.4 Å². The summed E-state index contributed by atoms with van der Waals surface area (Å²) in [5.74, 6) is -1.15. The van der Waals surface area contributed by atoms with Crippen molar-refractivity contribution in [3.8, 4) is 5.75 Å². The third-order valence-electron chi connectivity index (χ3n) is 4.71. The van der Waals surface area contributed by atoms with Gasteiger partial charge in [0.15, 0.2) is 0 Å². The minimum Gasteiger partial charge on any atom is -0.497 e. The maximum Gasteiger partial charge on any atom is 0.258 e. The molecule has 0 radical (unpaired) electrons. The van der Waals surface area contributed by atoms with Crippen molar-refractivity contribution in [2.75, 3.05) is 23.1 Å². The van der Waals surface area contributed by atoms with Crippen molar-refractivity contribution in [3.63, 3.8) is 0 Å². The number of amides is 2. The van der Waals surface area contributed by atoms with Gasteiger partial charge in [0.2, 0.25) is 17.8 Å². The highest BCUT2D eigenvalue weighted by Gasteiger charge is 2.34. The molecule has 4 rings (SSSR count). The van der Waals surface area contributed by atoms with Crippen LogP contribution in [-0.2, 0) is 9.59 Å². The Morgan fingerprint density at radius 3 is 2.68 bits per heavy atom. The molecule has 0 saturated heterocycles. The molecule has 0 bridgehead atoms. The Labute approximate surface area is 181 Å². The number of carbonyl (C=O) groups excluding carboxylic acids is 2. The molecule has 9 nitrogen and oxygen atoms in total. The van der Waals surface area contributed by atoms with Crippen molar-refractivity contribution in [1.82, 2.24) is 9.97 Å². The number of fused-ring (bicyclic) bond motifs is 1. The van der Waals surface area contributed by atoms with Crippen LogP contribution in [0.25, 0.3) is 0 Å². The quantitative estimate of drug-likeness (QED) is 0.483. The van der Waals surface area contributed by atoms with Gasteiger partial charge >= 0.3 is 0 Å². The number of aromatic amines is 1. The number of carbonyl (C=O) groups is 2. The molecule has 158 valence electrons. The van der Waals surface area contributed by atoms with Gasteiger partial charge in [-0.2, -0.15) is 4.98 Å². The lowest BCUT2D eigenvalue weighted by molar-refractivity contribution is -0.123. The summed E-state index contributed by atoms with van der Waals surface area (Å²) in [6.45, 7) is 0. The van der Waals surface area contributed by atoms with Crippen LogP contribution >= 0.6 is 11.6 Å². The summed E-state index contributed by atoms with van der Waals surface area (Å²) in [5, 5.41) is 8.81. The van der Waals surface area contributed by atoms with E-state index >= 15 is 0 Å². The summed E-state index contributed by atoms with van der Waals surface area (Å²) in [4.78, 5) is 44.8. The van der Waals surface area contributed by atoms with Gasteiger partial charge in [-0.1, -0.05) is 17.7 Å². The molecular formula is C21H18ClN5O4. The molecule has 1 aliphatic rings. The van der Waals surface area contributed by atoms with Crippen LogP contribution in [0.4, 0.5) is 23.1 Å². The van der Waals surface area contributed by atoms with Crippen molar-refractivity contribution in [2.24, 2.45) is 0 Å². The number of hydrogen-bond acceptors (Lipinski definition) is 6. The first-order valence-corrected chi connectivity index (χ1v) is 9.72. The predicted molar refractivity (Wildman–Crippen MR) is 117 cm³/mol. The lowest BCUT2D eigenvalue weighted by atomic mass is 9.92. The Balaban J connectivity index is 1.62. The molecule has 0 aliphatic carbocycles. The molecule has 31 heavy (non-hydrogen) atoms. The monoisotopic (exact) mass is 439 g/mol. The Morgan fingerprint density at radius 1 is 1.16 bits per heavy atom. The largest absolute Gasteiger partial charge is 0.497 e. The van der Waals surface area contributed by atoms with E-state index < -0.39 is 23.3 Å². The van der Waals surface area contributed by atoms with Crippen molar-refractivity contribution < 1.29 is 14.3 Å². The molecule has 1 aromatic heterocycles. The minimum atomic E-state index is -0.990. The van der Waals surface area contributed by atoms with E-state index in [-0.39, 0.29) is 23.8 Å². The fraction of sp³-hybridized carbons (Fsp3) is 0.143. The third-order valence-corrected chi connectivity index (χ3v) is 4.96. The van der Waals surface area contributed by atoms with Gasteiger partial charge in [-0.3, -0.25) is 19.4 Å². The second kappa shape index (κ2) is 8.49. The van der Waals surface area contributed by atoms with Crippen LogP contribution in [0, 0.1) is 0 Å². The molecule has 10 heteroatoms. The number of H-pyrrole nitrogens is 1. The van der Waals surface area contributed by atoms with Crippen molar-refractivity contribution >= 4 is 46.6 Å². The molecule has 2 aromatic carbocycles. The Kier molecular flexibility index (Phi) is 5.59. The van der Waals surface area contributed by atoms with Gasteiger partial charge in [-0.25, -0.2) is 0 Å². The van der Waals surface area contributed by atoms with E-state index in [2.05, 4.69) is 25.9 Å². The minimum absolute atomic E-state index is 0.0438. The standard InChI is InChI=1S/C21H18ClN5O4/c1-31-14-4-2-3-13(9-14)23-19(29)15-10-16(28)25-18-17(15)20(30)27-21(26-18)24-12-7-5-11(22)6-8-12/h2-9,15H,10H2,1H3,(H,23,29)(H3,24,25,26,27,28,30). The van der Waals surface area contributed by atoms with E-state index in [1.165, 1.54) is 7.11 Å². The molecule has 0 saturated carbocycles. The predicted octanol–water partition coefficient (Wildman–Crippen LogP) is 3.24. The topological polar surface area (TPSA) is 125 Å². The summed E-state index contributed by atoms with van der Waals surface area (Å²) < 4.78 is 5.15. The Bertz CT molecular complexity index is 1210. The van der Waals surface area contributed by atoms with E-state index in [0.717, 1.165) is 0 Å². The number of halogens is 1. The zero-order chi connectivity index (χ0) is 22.0. The maximum atomic E-state index is 12.9. The van der Waals surface area contributed by atoms with Crippen molar-refractivity contribution in [1.29, 1.82) is 0 Å². The maximum absolute atomic E-state index is 12.9. The molecule has 1 aliphatic heterocycles. The van der Waals surface area contributed by atoms with Gasteiger partial charge in [-0.15, -0.1) is 0 Å². The first-order valence-electron chi connectivity index (χ1n) is 9.34. The molecule has 2 heterocycles. The highest BCUT2D eigenvalue weighted by atomic mass is 35.5.